The Labute approximate surface area is 119 Å². The molecule has 0 aliphatic heterocycles. The van der Waals surface area contributed by atoms with Crippen molar-refractivity contribution >= 4 is 23.4 Å². The molecular weight excluding hydrogens is 280 g/mol. The lowest BCUT2D eigenvalue weighted by Crippen LogP contribution is -2.12. The van der Waals surface area contributed by atoms with Crippen molar-refractivity contribution in [3.05, 3.63) is 34.2 Å². The number of carbonyl (C=O) groups is 1. The van der Waals surface area contributed by atoms with Crippen LogP contribution in [0.4, 0.5) is 5.69 Å². The van der Waals surface area contributed by atoms with Gasteiger partial charge in [-0.1, -0.05) is 0 Å². The summed E-state index contributed by atoms with van der Waals surface area (Å²) in [5, 5.41) is 6.68. The number of nitrogen functional groups attached to an aromatic ring is 1. The van der Waals surface area contributed by atoms with Gasteiger partial charge in [-0.25, -0.2) is 14.7 Å². The SMILES string of the molecule is CCOC(=O)c1ccc(N)c(Sc2n[nH]c(=O)n2C)c1. The summed E-state index contributed by atoms with van der Waals surface area (Å²) >= 11 is 1.20. The number of nitrogens with one attached hydrogen (secondary N) is 1. The largest absolute Gasteiger partial charge is 0.462 e. The van der Waals surface area contributed by atoms with E-state index in [4.69, 9.17) is 10.5 Å². The Morgan fingerprint density at radius 3 is 2.90 bits per heavy atom. The molecule has 0 radical (unpaired) electrons. The highest BCUT2D eigenvalue weighted by molar-refractivity contribution is 7.99. The van der Waals surface area contributed by atoms with E-state index in [0.29, 0.717) is 27.9 Å². The zero-order valence-corrected chi connectivity index (χ0v) is 11.9. The molecule has 0 saturated carbocycles. The monoisotopic (exact) mass is 294 g/mol. The van der Waals surface area contributed by atoms with Crippen molar-refractivity contribution in [1.29, 1.82) is 0 Å². The highest BCUT2D eigenvalue weighted by Gasteiger charge is 2.13. The molecule has 0 saturated heterocycles. The topological polar surface area (TPSA) is 103 Å². The quantitative estimate of drug-likeness (QED) is 0.644. The highest BCUT2D eigenvalue weighted by atomic mass is 32.2. The first kappa shape index (κ1) is 14.2. The van der Waals surface area contributed by atoms with Crippen molar-refractivity contribution in [2.24, 2.45) is 7.05 Å². The molecule has 0 unspecified atom stereocenters. The number of rotatable bonds is 4. The van der Waals surface area contributed by atoms with Gasteiger partial charge in [0.05, 0.1) is 12.2 Å². The fourth-order valence-electron chi connectivity index (χ4n) is 1.49. The molecule has 0 spiro atoms. The maximum absolute atomic E-state index is 11.7. The van der Waals surface area contributed by atoms with Crippen LogP contribution >= 0.6 is 11.8 Å². The van der Waals surface area contributed by atoms with Crippen molar-refractivity contribution in [2.75, 3.05) is 12.3 Å². The highest BCUT2D eigenvalue weighted by Crippen LogP contribution is 2.30. The normalized spacial score (nSPS) is 10.5. The zero-order valence-electron chi connectivity index (χ0n) is 11.0. The number of benzene rings is 1. The molecule has 8 heteroatoms. The molecule has 3 N–H and O–H groups in total. The zero-order chi connectivity index (χ0) is 14.7. The molecule has 0 aliphatic rings. The summed E-state index contributed by atoms with van der Waals surface area (Å²) < 4.78 is 6.30. The van der Waals surface area contributed by atoms with E-state index in [9.17, 15) is 9.59 Å². The number of aromatic amines is 1. The number of hydrogen-bond donors (Lipinski definition) is 2. The minimum Gasteiger partial charge on any atom is -0.462 e. The van der Waals surface area contributed by atoms with Gasteiger partial charge in [-0.2, -0.15) is 0 Å². The van der Waals surface area contributed by atoms with Crippen LogP contribution in [0.15, 0.2) is 33.0 Å². The van der Waals surface area contributed by atoms with E-state index in [-0.39, 0.29) is 5.69 Å². The Morgan fingerprint density at radius 1 is 1.55 bits per heavy atom. The van der Waals surface area contributed by atoms with Gasteiger partial charge in [0.25, 0.3) is 0 Å². The first-order chi connectivity index (χ1) is 9.52. The summed E-state index contributed by atoms with van der Waals surface area (Å²) in [6.07, 6.45) is 0. The second kappa shape index (κ2) is 5.83. The van der Waals surface area contributed by atoms with E-state index in [0.717, 1.165) is 0 Å². The molecule has 106 valence electrons. The number of esters is 1. The molecule has 0 aliphatic carbocycles. The van der Waals surface area contributed by atoms with Gasteiger partial charge in [0.1, 0.15) is 0 Å². The van der Waals surface area contributed by atoms with Crippen molar-refractivity contribution in [2.45, 2.75) is 17.0 Å². The van der Waals surface area contributed by atoms with Crippen LogP contribution in [0.25, 0.3) is 0 Å². The Balaban J connectivity index is 2.31. The summed E-state index contributed by atoms with van der Waals surface area (Å²) in [6, 6.07) is 4.84. The smallest absolute Gasteiger partial charge is 0.343 e. The third-order valence-corrected chi connectivity index (χ3v) is 3.69. The van der Waals surface area contributed by atoms with E-state index in [2.05, 4.69) is 10.2 Å². The van der Waals surface area contributed by atoms with Crippen LogP contribution in [0, 0.1) is 0 Å². The molecule has 20 heavy (non-hydrogen) atoms. The summed E-state index contributed by atoms with van der Waals surface area (Å²) in [6.45, 7) is 2.05. The van der Waals surface area contributed by atoms with Gasteiger partial charge in [-0.15, -0.1) is 5.10 Å². The van der Waals surface area contributed by atoms with Crippen LogP contribution in [0.3, 0.4) is 0 Å². The fraction of sp³-hybridized carbons (Fsp3) is 0.250. The van der Waals surface area contributed by atoms with E-state index in [1.54, 1.807) is 32.2 Å². The van der Waals surface area contributed by atoms with Gasteiger partial charge >= 0.3 is 11.7 Å². The minimum atomic E-state index is -0.412. The first-order valence-electron chi connectivity index (χ1n) is 5.88. The maximum Gasteiger partial charge on any atom is 0.343 e. The number of hydrogen-bond acceptors (Lipinski definition) is 6. The molecule has 0 amide bonds. The molecule has 1 aromatic heterocycles. The summed E-state index contributed by atoms with van der Waals surface area (Å²) in [7, 11) is 1.60. The van der Waals surface area contributed by atoms with E-state index >= 15 is 0 Å². The number of carbonyl (C=O) groups excluding carboxylic acids is 1. The first-order valence-corrected chi connectivity index (χ1v) is 6.70. The fourth-order valence-corrected chi connectivity index (χ4v) is 2.37. The van der Waals surface area contributed by atoms with Gasteiger partial charge in [0.2, 0.25) is 0 Å². The molecule has 1 aromatic carbocycles. The number of H-pyrrole nitrogens is 1. The summed E-state index contributed by atoms with van der Waals surface area (Å²) in [5.74, 6) is -0.412. The van der Waals surface area contributed by atoms with E-state index < -0.39 is 5.97 Å². The molecule has 0 bridgehead atoms. The minimum absolute atomic E-state index is 0.305. The van der Waals surface area contributed by atoms with Crippen molar-refractivity contribution in [3.8, 4) is 0 Å². The predicted molar refractivity (Wildman–Crippen MR) is 74.8 cm³/mol. The van der Waals surface area contributed by atoms with Gasteiger partial charge < -0.3 is 10.5 Å². The van der Waals surface area contributed by atoms with Crippen molar-refractivity contribution < 1.29 is 9.53 Å². The van der Waals surface area contributed by atoms with Crippen molar-refractivity contribution in [1.82, 2.24) is 14.8 Å². The lowest BCUT2D eigenvalue weighted by atomic mass is 10.2. The molecule has 0 atom stereocenters. The van der Waals surface area contributed by atoms with Gasteiger partial charge in [0, 0.05) is 17.6 Å². The Kier molecular flexibility index (Phi) is 4.14. The molecule has 0 fully saturated rings. The van der Waals surface area contributed by atoms with Crippen LogP contribution in [-0.4, -0.2) is 27.3 Å². The van der Waals surface area contributed by atoms with E-state index in [1.165, 1.54) is 16.3 Å². The Morgan fingerprint density at radius 2 is 2.30 bits per heavy atom. The standard InChI is InChI=1S/C12H14N4O3S/c1-3-19-10(17)7-4-5-8(13)9(6-7)20-12-15-14-11(18)16(12)2/h4-6H,3,13H2,1-2H3,(H,14,18). The van der Waals surface area contributed by atoms with Gasteiger partial charge in [0.15, 0.2) is 5.16 Å². The third-order valence-electron chi connectivity index (χ3n) is 2.56. The number of nitrogens with zero attached hydrogens (tertiary/aromatic N) is 2. The summed E-state index contributed by atoms with van der Waals surface area (Å²) in [4.78, 5) is 23.6. The van der Waals surface area contributed by atoms with Crippen molar-refractivity contribution in [3.63, 3.8) is 0 Å². The van der Waals surface area contributed by atoms with Gasteiger partial charge in [-0.05, 0) is 36.9 Å². The molecule has 2 rings (SSSR count). The molecule has 1 heterocycles. The summed E-state index contributed by atoms with van der Waals surface area (Å²) in [5.41, 5.74) is 6.46. The number of ether oxygens (including phenoxy) is 1. The second-order valence-electron chi connectivity index (χ2n) is 3.95. The molecule has 7 nitrogen and oxygen atoms in total. The molecule has 2 aromatic rings. The van der Waals surface area contributed by atoms with Crippen LogP contribution in [0.2, 0.25) is 0 Å². The molecular formula is C12H14N4O3S. The average molecular weight is 294 g/mol. The maximum atomic E-state index is 11.7. The Hall–Kier alpha value is -2.22. The lowest BCUT2D eigenvalue weighted by molar-refractivity contribution is 0.0526. The third kappa shape index (κ3) is 2.85. The number of nitrogens with two attached hydrogens (primary N) is 1. The second-order valence-corrected chi connectivity index (χ2v) is 4.95. The van der Waals surface area contributed by atoms with E-state index in [1.807, 2.05) is 0 Å². The van der Waals surface area contributed by atoms with Crippen LogP contribution < -0.4 is 11.4 Å². The Bertz CT molecular complexity index is 692. The average Bonchev–Trinajstić information content (AvgIpc) is 2.73. The number of anilines is 1. The number of aromatic nitrogens is 3. The van der Waals surface area contributed by atoms with Crippen LogP contribution in [-0.2, 0) is 11.8 Å². The van der Waals surface area contributed by atoms with Crippen LogP contribution in [0.1, 0.15) is 17.3 Å². The van der Waals surface area contributed by atoms with Crippen LogP contribution in [0.5, 0.6) is 0 Å². The van der Waals surface area contributed by atoms with Gasteiger partial charge in [-0.3, -0.25) is 4.57 Å². The predicted octanol–water partition coefficient (Wildman–Crippen LogP) is 1.02. The lowest BCUT2D eigenvalue weighted by Gasteiger charge is -2.07.